The van der Waals surface area contributed by atoms with Gasteiger partial charge in [0.2, 0.25) is 0 Å². The van der Waals surface area contributed by atoms with Gasteiger partial charge in [0.25, 0.3) is 5.91 Å². The zero-order valence-corrected chi connectivity index (χ0v) is 17.4. The smallest absolute Gasteiger partial charge is 0.251 e. The summed E-state index contributed by atoms with van der Waals surface area (Å²) in [6.07, 6.45) is 0. The molecule has 0 bridgehead atoms. The molecule has 3 aromatic carbocycles. The highest BCUT2D eigenvalue weighted by Crippen LogP contribution is 2.42. The van der Waals surface area contributed by atoms with E-state index in [0.717, 1.165) is 38.1 Å². The second kappa shape index (κ2) is 8.13. The number of aliphatic imine (C=N–C) groups is 1. The molecule has 29 heavy (non-hydrogen) atoms. The molecule has 5 heteroatoms. The Bertz CT molecular complexity index is 1110. The number of methoxy groups -OCH3 is 1. The van der Waals surface area contributed by atoms with Crippen LogP contribution in [0.3, 0.4) is 0 Å². The van der Waals surface area contributed by atoms with E-state index in [1.807, 2.05) is 68.4 Å². The first-order chi connectivity index (χ1) is 14.1. The minimum atomic E-state index is -0.0939. The Morgan fingerprint density at radius 3 is 2.45 bits per heavy atom. The Kier molecular flexibility index (Phi) is 5.41. The van der Waals surface area contributed by atoms with Crippen LogP contribution < -0.4 is 10.1 Å². The number of carbonyl (C=O) groups excluding carboxylic acids is 1. The van der Waals surface area contributed by atoms with Gasteiger partial charge in [0.05, 0.1) is 18.5 Å². The topological polar surface area (TPSA) is 50.7 Å². The van der Waals surface area contributed by atoms with E-state index in [0.29, 0.717) is 5.56 Å². The lowest BCUT2D eigenvalue weighted by molar-refractivity contribution is 0.0943. The molecule has 1 aliphatic rings. The van der Waals surface area contributed by atoms with Crippen LogP contribution in [-0.4, -0.2) is 24.8 Å². The second-order valence-electron chi connectivity index (χ2n) is 7.07. The van der Waals surface area contributed by atoms with Crippen LogP contribution >= 0.6 is 11.8 Å². The number of para-hydroxylation sites is 1. The maximum atomic E-state index is 12.5. The zero-order valence-electron chi connectivity index (χ0n) is 16.6. The third kappa shape index (κ3) is 3.91. The number of carbonyl (C=O) groups is 1. The standard InChI is InChI=1S/C24H22N2O2S/c1-15(2)25-24(27)16-12-13-22-19(14-16)26-23(17-8-4-6-10-20(17)28-3)18-9-5-7-11-21(18)29-22/h4-15H,1-3H3,(H,25,27). The van der Waals surface area contributed by atoms with Crippen LogP contribution in [0.4, 0.5) is 5.69 Å². The number of fused-ring (bicyclic) bond motifs is 2. The number of ether oxygens (including phenoxy) is 1. The fourth-order valence-corrected chi connectivity index (χ4v) is 4.28. The summed E-state index contributed by atoms with van der Waals surface area (Å²) in [7, 11) is 1.67. The minimum absolute atomic E-state index is 0.0765. The molecule has 0 aromatic heterocycles. The van der Waals surface area contributed by atoms with Crippen molar-refractivity contribution in [3.63, 3.8) is 0 Å². The van der Waals surface area contributed by atoms with E-state index < -0.39 is 0 Å². The molecule has 0 aliphatic carbocycles. The van der Waals surface area contributed by atoms with Gasteiger partial charge in [-0.25, -0.2) is 4.99 Å². The van der Waals surface area contributed by atoms with Crippen LogP contribution in [0.5, 0.6) is 5.75 Å². The molecular weight excluding hydrogens is 380 g/mol. The molecule has 146 valence electrons. The van der Waals surface area contributed by atoms with Gasteiger partial charge in [-0.2, -0.15) is 0 Å². The molecule has 0 radical (unpaired) electrons. The van der Waals surface area contributed by atoms with Crippen molar-refractivity contribution in [3.05, 3.63) is 83.4 Å². The lowest BCUT2D eigenvalue weighted by Gasteiger charge is -2.12. The number of nitrogens with one attached hydrogen (secondary N) is 1. The number of rotatable bonds is 4. The van der Waals surface area contributed by atoms with E-state index in [1.54, 1.807) is 18.9 Å². The van der Waals surface area contributed by atoms with Gasteiger partial charge >= 0.3 is 0 Å². The molecule has 1 aliphatic heterocycles. The summed E-state index contributed by atoms with van der Waals surface area (Å²) in [5, 5.41) is 2.95. The summed E-state index contributed by atoms with van der Waals surface area (Å²) in [6.45, 7) is 3.90. The minimum Gasteiger partial charge on any atom is -0.496 e. The predicted octanol–water partition coefficient (Wildman–Crippen LogP) is 5.47. The number of nitrogens with zero attached hydrogens (tertiary/aromatic N) is 1. The highest BCUT2D eigenvalue weighted by atomic mass is 32.2. The van der Waals surface area contributed by atoms with Crippen molar-refractivity contribution in [3.8, 4) is 5.75 Å². The molecule has 0 saturated carbocycles. The first-order valence-corrected chi connectivity index (χ1v) is 10.3. The van der Waals surface area contributed by atoms with Crippen LogP contribution in [0.15, 0.2) is 81.5 Å². The molecule has 0 saturated heterocycles. The van der Waals surface area contributed by atoms with E-state index in [-0.39, 0.29) is 11.9 Å². The van der Waals surface area contributed by atoms with Crippen LogP contribution in [0, 0.1) is 0 Å². The predicted molar refractivity (Wildman–Crippen MR) is 118 cm³/mol. The van der Waals surface area contributed by atoms with Crippen LogP contribution in [0.25, 0.3) is 0 Å². The molecule has 1 heterocycles. The van der Waals surface area contributed by atoms with Crippen molar-refractivity contribution in [2.75, 3.05) is 7.11 Å². The van der Waals surface area contributed by atoms with Crippen molar-refractivity contribution in [2.24, 2.45) is 4.99 Å². The zero-order chi connectivity index (χ0) is 20.4. The lowest BCUT2D eigenvalue weighted by Crippen LogP contribution is -2.29. The maximum absolute atomic E-state index is 12.5. The molecule has 1 amide bonds. The van der Waals surface area contributed by atoms with Gasteiger partial charge in [-0.05, 0) is 50.2 Å². The van der Waals surface area contributed by atoms with Crippen molar-refractivity contribution >= 4 is 29.1 Å². The average Bonchev–Trinajstić information content (AvgIpc) is 2.89. The third-order valence-electron chi connectivity index (χ3n) is 4.60. The summed E-state index contributed by atoms with van der Waals surface area (Å²) < 4.78 is 5.60. The lowest BCUT2D eigenvalue weighted by atomic mass is 10.0. The number of hydrogen-bond donors (Lipinski definition) is 1. The molecule has 0 spiro atoms. The Balaban J connectivity index is 1.90. The Morgan fingerprint density at radius 1 is 0.966 bits per heavy atom. The normalized spacial score (nSPS) is 12.5. The second-order valence-corrected chi connectivity index (χ2v) is 8.15. The Morgan fingerprint density at radius 2 is 1.69 bits per heavy atom. The highest BCUT2D eigenvalue weighted by molar-refractivity contribution is 7.99. The SMILES string of the molecule is COc1ccccc1C1=Nc2cc(C(=O)NC(C)C)ccc2Sc2ccccc21. The summed E-state index contributed by atoms with van der Waals surface area (Å²) in [4.78, 5) is 19.7. The van der Waals surface area contributed by atoms with E-state index in [9.17, 15) is 4.79 Å². The van der Waals surface area contributed by atoms with Crippen molar-refractivity contribution < 1.29 is 9.53 Å². The summed E-state index contributed by atoms with van der Waals surface area (Å²) >= 11 is 1.66. The van der Waals surface area contributed by atoms with Crippen LogP contribution in [-0.2, 0) is 0 Å². The van der Waals surface area contributed by atoms with E-state index in [2.05, 4.69) is 17.4 Å². The number of amides is 1. The average molecular weight is 403 g/mol. The summed E-state index contributed by atoms with van der Waals surface area (Å²) in [6, 6.07) is 21.9. The Hall–Kier alpha value is -3.05. The largest absolute Gasteiger partial charge is 0.496 e. The molecule has 1 N–H and O–H groups in total. The Labute approximate surface area is 175 Å². The fraction of sp³-hybridized carbons (Fsp3) is 0.167. The monoisotopic (exact) mass is 402 g/mol. The molecule has 4 nitrogen and oxygen atoms in total. The molecule has 0 atom stereocenters. The number of hydrogen-bond acceptors (Lipinski definition) is 4. The van der Waals surface area contributed by atoms with Crippen molar-refractivity contribution in [2.45, 2.75) is 29.7 Å². The molecule has 0 unspecified atom stereocenters. The quantitative estimate of drug-likeness (QED) is 0.493. The first kappa shape index (κ1) is 19.3. The van der Waals surface area contributed by atoms with Gasteiger partial charge in [-0.1, -0.05) is 42.1 Å². The maximum Gasteiger partial charge on any atom is 0.251 e. The molecule has 3 aromatic rings. The van der Waals surface area contributed by atoms with Crippen LogP contribution in [0.1, 0.15) is 35.3 Å². The summed E-state index contributed by atoms with van der Waals surface area (Å²) in [5.74, 6) is 0.673. The third-order valence-corrected chi connectivity index (χ3v) is 5.74. The molecule has 0 fully saturated rings. The van der Waals surface area contributed by atoms with E-state index >= 15 is 0 Å². The van der Waals surface area contributed by atoms with Crippen molar-refractivity contribution in [1.82, 2.24) is 5.32 Å². The number of benzene rings is 3. The van der Waals surface area contributed by atoms with Gasteiger partial charge in [0.1, 0.15) is 5.75 Å². The molecule has 4 rings (SSSR count). The fourth-order valence-electron chi connectivity index (χ4n) is 3.27. The van der Waals surface area contributed by atoms with Crippen LogP contribution in [0.2, 0.25) is 0 Å². The van der Waals surface area contributed by atoms with Gasteiger partial charge < -0.3 is 10.1 Å². The summed E-state index contributed by atoms with van der Waals surface area (Å²) in [5.41, 5.74) is 4.20. The van der Waals surface area contributed by atoms with E-state index in [1.165, 1.54) is 0 Å². The van der Waals surface area contributed by atoms with Gasteiger partial charge in [-0.15, -0.1) is 0 Å². The van der Waals surface area contributed by atoms with Gasteiger partial charge in [0.15, 0.2) is 0 Å². The van der Waals surface area contributed by atoms with E-state index in [4.69, 9.17) is 9.73 Å². The highest BCUT2D eigenvalue weighted by Gasteiger charge is 2.21. The van der Waals surface area contributed by atoms with Gasteiger partial charge in [-0.3, -0.25) is 4.79 Å². The van der Waals surface area contributed by atoms with Gasteiger partial charge in [0, 0.05) is 32.5 Å². The molecular formula is C24H22N2O2S. The first-order valence-electron chi connectivity index (χ1n) is 9.51. The van der Waals surface area contributed by atoms with Crippen molar-refractivity contribution in [1.29, 1.82) is 0 Å².